The Bertz CT molecular complexity index is 1960. The van der Waals surface area contributed by atoms with Gasteiger partial charge in [0, 0.05) is 51.5 Å². The number of nitrogens with zero attached hydrogens (tertiary/aromatic N) is 2. The quantitative estimate of drug-likeness (QED) is 0.239. The topological polar surface area (TPSA) is 25.8 Å². The van der Waals surface area contributed by atoms with Crippen LogP contribution in [0.3, 0.4) is 0 Å². The standard InChI is InChI=1S/C32H18N2S2/c1-5-15-25-19(9-1)29-21(11-7-17-27(29)35-25)31-32(34-24-14-4-3-13-23(24)33-31)22-12-8-18-28-30(22)20-10-2-6-16-26(20)36-28/h1-18H. The third kappa shape index (κ3) is 2.89. The molecule has 0 amide bonds. The van der Waals surface area contributed by atoms with Crippen LogP contribution in [0.5, 0.6) is 0 Å². The number of para-hydroxylation sites is 2. The van der Waals surface area contributed by atoms with Crippen molar-refractivity contribution in [3.05, 3.63) is 109 Å². The molecule has 0 fully saturated rings. The summed E-state index contributed by atoms with van der Waals surface area (Å²) in [5, 5.41) is 5.05. The number of aromatic nitrogens is 2. The second-order valence-electron chi connectivity index (χ2n) is 8.96. The van der Waals surface area contributed by atoms with Crippen LogP contribution in [0.4, 0.5) is 0 Å². The lowest BCUT2D eigenvalue weighted by Gasteiger charge is -2.13. The van der Waals surface area contributed by atoms with Gasteiger partial charge in [-0.3, -0.25) is 0 Å². The molecule has 4 heteroatoms. The van der Waals surface area contributed by atoms with Crippen LogP contribution >= 0.6 is 22.7 Å². The van der Waals surface area contributed by atoms with E-state index in [0.29, 0.717) is 0 Å². The van der Waals surface area contributed by atoms with Crippen LogP contribution in [0.2, 0.25) is 0 Å². The second-order valence-corrected chi connectivity index (χ2v) is 11.1. The Labute approximate surface area is 215 Å². The van der Waals surface area contributed by atoms with Crippen molar-refractivity contribution < 1.29 is 0 Å². The molecule has 0 radical (unpaired) electrons. The number of thiophene rings is 2. The predicted octanol–water partition coefficient (Wildman–Crippen LogP) is 9.70. The first-order valence-electron chi connectivity index (χ1n) is 11.9. The van der Waals surface area contributed by atoms with Gasteiger partial charge in [0.15, 0.2) is 0 Å². The molecule has 3 heterocycles. The fourth-order valence-electron chi connectivity index (χ4n) is 5.32. The van der Waals surface area contributed by atoms with Crippen LogP contribution in [0.15, 0.2) is 109 Å². The molecule has 0 aliphatic carbocycles. The fraction of sp³-hybridized carbons (Fsp3) is 0. The first kappa shape index (κ1) is 20.1. The van der Waals surface area contributed by atoms with E-state index in [1.165, 1.54) is 40.3 Å². The zero-order valence-corrected chi connectivity index (χ0v) is 20.7. The van der Waals surface area contributed by atoms with Crippen molar-refractivity contribution in [2.75, 3.05) is 0 Å². The number of hydrogen-bond acceptors (Lipinski definition) is 4. The van der Waals surface area contributed by atoms with Gasteiger partial charge in [-0.2, -0.15) is 0 Å². The first-order chi connectivity index (χ1) is 17.8. The van der Waals surface area contributed by atoms with E-state index in [1.807, 2.05) is 34.8 Å². The van der Waals surface area contributed by atoms with Crippen LogP contribution in [-0.2, 0) is 0 Å². The normalized spacial score (nSPS) is 11.9. The van der Waals surface area contributed by atoms with Crippen LogP contribution in [0, 0.1) is 0 Å². The van der Waals surface area contributed by atoms with Crippen LogP contribution in [-0.4, -0.2) is 9.97 Å². The van der Waals surface area contributed by atoms with E-state index in [-0.39, 0.29) is 0 Å². The van der Waals surface area contributed by atoms with Crippen molar-refractivity contribution in [2.24, 2.45) is 0 Å². The summed E-state index contributed by atoms with van der Waals surface area (Å²) in [5.74, 6) is 0. The molecule has 8 rings (SSSR count). The zero-order chi connectivity index (χ0) is 23.6. The van der Waals surface area contributed by atoms with E-state index in [2.05, 4.69) is 97.1 Å². The molecule has 0 aliphatic rings. The van der Waals surface area contributed by atoms with Crippen molar-refractivity contribution in [3.8, 4) is 22.5 Å². The lowest BCUT2D eigenvalue weighted by Crippen LogP contribution is -1.96. The molecule has 3 aromatic heterocycles. The average Bonchev–Trinajstić information content (AvgIpc) is 3.51. The van der Waals surface area contributed by atoms with Gasteiger partial charge >= 0.3 is 0 Å². The van der Waals surface area contributed by atoms with Gasteiger partial charge in [0.05, 0.1) is 22.4 Å². The molecule has 0 N–H and O–H groups in total. The summed E-state index contributed by atoms with van der Waals surface area (Å²) in [6, 6.07) is 38.6. The smallest absolute Gasteiger partial charge is 0.0980 e. The van der Waals surface area contributed by atoms with Crippen LogP contribution in [0.25, 0.3) is 73.9 Å². The van der Waals surface area contributed by atoms with Crippen LogP contribution in [0.1, 0.15) is 0 Å². The lowest BCUT2D eigenvalue weighted by atomic mass is 9.96. The van der Waals surface area contributed by atoms with Gasteiger partial charge in [0.25, 0.3) is 0 Å². The van der Waals surface area contributed by atoms with Crippen molar-refractivity contribution in [3.63, 3.8) is 0 Å². The summed E-state index contributed by atoms with van der Waals surface area (Å²) in [4.78, 5) is 10.6. The summed E-state index contributed by atoms with van der Waals surface area (Å²) >= 11 is 3.67. The predicted molar refractivity (Wildman–Crippen MR) is 156 cm³/mol. The summed E-state index contributed by atoms with van der Waals surface area (Å²) in [6.07, 6.45) is 0. The lowest BCUT2D eigenvalue weighted by molar-refractivity contribution is 1.30. The molecule has 0 saturated carbocycles. The minimum absolute atomic E-state index is 0.912. The molecule has 36 heavy (non-hydrogen) atoms. The minimum atomic E-state index is 0.912. The molecule has 0 saturated heterocycles. The molecular formula is C32H18N2S2. The highest BCUT2D eigenvalue weighted by atomic mass is 32.1. The third-order valence-electron chi connectivity index (χ3n) is 6.89. The monoisotopic (exact) mass is 494 g/mol. The van der Waals surface area contributed by atoms with E-state index < -0.39 is 0 Å². The Balaban J connectivity index is 1.54. The Morgan fingerprint density at radius 2 is 0.806 bits per heavy atom. The van der Waals surface area contributed by atoms with Crippen LogP contribution < -0.4 is 0 Å². The largest absolute Gasteiger partial charge is 0.244 e. The molecule has 2 nitrogen and oxygen atoms in total. The van der Waals surface area contributed by atoms with Gasteiger partial charge in [-0.15, -0.1) is 22.7 Å². The summed E-state index contributed by atoms with van der Waals surface area (Å²) < 4.78 is 5.13. The van der Waals surface area contributed by atoms with E-state index in [9.17, 15) is 0 Å². The molecule has 0 unspecified atom stereocenters. The van der Waals surface area contributed by atoms with Gasteiger partial charge in [-0.05, 0) is 36.4 Å². The van der Waals surface area contributed by atoms with Crippen molar-refractivity contribution in [1.29, 1.82) is 0 Å². The van der Waals surface area contributed by atoms with E-state index >= 15 is 0 Å². The molecular weight excluding hydrogens is 477 g/mol. The minimum Gasteiger partial charge on any atom is -0.244 e. The maximum Gasteiger partial charge on any atom is 0.0980 e. The Hall–Kier alpha value is -4.12. The van der Waals surface area contributed by atoms with E-state index in [0.717, 1.165) is 33.5 Å². The van der Waals surface area contributed by atoms with Crippen molar-refractivity contribution in [2.45, 2.75) is 0 Å². The number of fused-ring (bicyclic) bond motifs is 7. The van der Waals surface area contributed by atoms with Crippen molar-refractivity contribution >= 4 is 74.1 Å². The molecule has 0 atom stereocenters. The Morgan fingerprint density at radius 3 is 1.31 bits per heavy atom. The van der Waals surface area contributed by atoms with E-state index in [1.54, 1.807) is 0 Å². The van der Waals surface area contributed by atoms with Gasteiger partial charge < -0.3 is 0 Å². The second kappa shape index (κ2) is 7.69. The average molecular weight is 495 g/mol. The Morgan fingerprint density at radius 1 is 0.389 bits per heavy atom. The summed E-state index contributed by atoms with van der Waals surface area (Å²) in [6.45, 7) is 0. The number of rotatable bonds is 2. The van der Waals surface area contributed by atoms with Gasteiger partial charge in [-0.1, -0.05) is 72.8 Å². The zero-order valence-electron chi connectivity index (χ0n) is 19.1. The summed E-state index contributed by atoms with van der Waals surface area (Å²) in [5.41, 5.74) is 5.96. The first-order valence-corrected chi connectivity index (χ1v) is 13.6. The van der Waals surface area contributed by atoms with E-state index in [4.69, 9.17) is 9.97 Å². The molecule has 8 aromatic rings. The Kier molecular flexibility index (Phi) is 4.30. The molecule has 0 bridgehead atoms. The third-order valence-corrected chi connectivity index (χ3v) is 9.16. The molecule has 0 aliphatic heterocycles. The van der Waals surface area contributed by atoms with Gasteiger partial charge in [-0.25, -0.2) is 9.97 Å². The highest BCUT2D eigenvalue weighted by Crippen LogP contribution is 2.45. The molecule has 168 valence electrons. The fourth-order valence-corrected chi connectivity index (χ4v) is 7.58. The number of benzene rings is 5. The van der Waals surface area contributed by atoms with Gasteiger partial charge in [0.2, 0.25) is 0 Å². The summed E-state index contributed by atoms with van der Waals surface area (Å²) in [7, 11) is 0. The maximum atomic E-state index is 5.28. The molecule has 0 spiro atoms. The maximum absolute atomic E-state index is 5.28. The SMILES string of the molecule is c1ccc2nc(-c3cccc4sc5ccccc5c34)c(-c3cccc4sc5ccccc5c34)nc2c1. The highest BCUT2D eigenvalue weighted by molar-refractivity contribution is 7.26. The van der Waals surface area contributed by atoms with Gasteiger partial charge in [0.1, 0.15) is 0 Å². The highest BCUT2D eigenvalue weighted by Gasteiger charge is 2.20. The number of hydrogen-bond donors (Lipinski definition) is 0. The molecule has 5 aromatic carbocycles. The van der Waals surface area contributed by atoms with Crippen molar-refractivity contribution in [1.82, 2.24) is 9.97 Å².